The Kier molecular flexibility index (Phi) is 11.0. The highest BCUT2D eigenvalue weighted by Crippen LogP contribution is 2.26. The Hall–Kier alpha value is -4.20. The Bertz CT molecular complexity index is 1280. The molecule has 8 nitrogen and oxygen atoms in total. The van der Waals surface area contributed by atoms with Crippen LogP contribution >= 0.6 is 0 Å². The molecule has 0 aliphatic heterocycles. The SMILES string of the molecule is CCOC(=O)[C@H](Cc1ccc(C(=O)NC[C@@H](c2ccc(-c3ccccn3)cc2)C(C)C)cc1)NC(=O)OC(C)(C)C. The Morgan fingerprint density at radius 2 is 1.61 bits per heavy atom. The fourth-order valence-electron chi connectivity index (χ4n) is 4.39. The topological polar surface area (TPSA) is 107 Å². The lowest BCUT2D eigenvalue weighted by atomic mass is 9.87. The molecule has 218 valence electrons. The molecule has 3 aromatic rings. The molecular weight excluding hydrogens is 518 g/mol. The van der Waals surface area contributed by atoms with E-state index in [-0.39, 0.29) is 24.9 Å². The van der Waals surface area contributed by atoms with Crippen molar-refractivity contribution in [3.05, 3.63) is 89.6 Å². The van der Waals surface area contributed by atoms with E-state index in [2.05, 4.69) is 53.7 Å². The van der Waals surface area contributed by atoms with Crippen LogP contribution in [0.2, 0.25) is 0 Å². The Balaban J connectivity index is 1.62. The quantitative estimate of drug-likeness (QED) is 0.283. The minimum absolute atomic E-state index is 0.139. The molecule has 2 atom stereocenters. The van der Waals surface area contributed by atoms with Crippen LogP contribution in [0.1, 0.15) is 68.9 Å². The molecule has 8 heteroatoms. The number of carbonyl (C=O) groups excluding carboxylic acids is 3. The van der Waals surface area contributed by atoms with E-state index in [0.29, 0.717) is 18.0 Å². The standard InChI is InChI=1S/C33H41N3O5/c1-7-40-31(38)29(36-32(39)41-33(4,5)6)20-23-11-13-26(14-12-23)30(37)35-21-27(22(2)3)24-15-17-25(18-16-24)28-10-8-9-19-34-28/h8-19,22,27,29H,7,20-21H2,1-6H3,(H,35,37)(H,36,39)/t27-,29+/m1/s1. The summed E-state index contributed by atoms with van der Waals surface area (Å²) >= 11 is 0. The van der Waals surface area contributed by atoms with Gasteiger partial charge in [0, 0.05) is 36.2 Å². The zero-order valence-electron chi connectivity index (χ0n) is 24.8. The van der Waals surface area contributed by atoms with Gasteiger partial charge in [-0.3, -0.25) is 9.78 Å². The number of hydrogen-bond acceptors (Lipinski definition) is 6. The van der Waals surface area contributed by atoms with E-state index in [1.807, 2.05) is 18.2 Å². The summed E-state index contributed by atoms with van der Waals surface area (Å²) in [7, 11) is 0. The minimum Gasteiger partial charge on any atom is -0.464 e. The molecule has 41 heavy (non-hydrogen) atoms. The number of nitrogens with one attached hydrogen (secondary N) is 2. The number of aromatic nitrogens is 1. The Morgan fingerprint density at radius 1 is 0.927 bits per heavy atom. The highest BCUT2D eigenvalue weighted by molar-refractivity contribution is 5.94. The number of amides is 2. The molecule has 0 radical (unpaired) electrons. The van der Waals surface area contributed by atoms with Crippen molar-refractivity contribution in [3.8, 4) is 11.3 Å². The van der Waals surface area contributed by atoms with E-state index in [1.165, 1.54) is 0 Å². The van der Waals surface area contributed by atoms with Crippen molar-refractivity contribution in [2.75, 3.05) is 13.2 Å². The average Bonchev–Trinajstić information content (AvgIpc) is 2.93. The van der Waals surface area contributed by atoms with E-state index in [9.17, 15) is 14.4 Å². The number of ether oxygens (including phenoxy) is 2. The maximum absolute atomic E-state index is 13.0. The number of alkyl carbamates (subject to hydrolysis) is 1. The maximum atomic E-state index is 13.0. The molecule has 0 unspecified atom stereocenters. The number of carbonyl (C=O) groups is 3. The first-order chi connectivity index (χ1) is 19.5. The molecule has 0 saturated carbocycles. The highest BCUT2D eigenvalue weighted by Gasteiger charge is 2.26. The van der Waals surface area contributed by atoms with E-state index in [4.69, 9.17) is 9.47 Å². The van der Waals surface area contributed by atoms with Crippen molar-refractivity contribution < 1.29 is 23.9 Å². The second kappa shape index (κ2) is 14.4. The van der Waals surface area contributed by atoms with Crippen molar-refractivity contribution in [2.45, 2.75) is 65.5 Å². The lowest BCUT2D eigenvalue weighted by Gasteiger charge is -2.23. The lowest BCUT2D eigenvalue weighted by Crippen LogP contribution is -2.45. The first-order valence-corrected chi connectivity index (χ1v) is 14.0. The molecule has 0 saturated heterocycles. The van der Waals surface area contributed by atoms with E-state index < -0.39 is 23.7 Å². The Morgan fingerprint density at radius 3 is 2.17 bits per heavy atom. The van der Waals surface area contributed by atoms with Crippen LogP contribution in [0.3, 0.4) is 0 Å². The predicted octanol–water partition coefficient (Wildman–Crippen LogP) is 5.92. The first-order valence-electron chi connectivity index (χ1n) is 14.0. The highest BCUT2D eigenvalue weighted by atomic mass is 16.6. The summed E-state index contributed by atoms with van der Waals surface area (Å²) in [5.74, 6) is -0.273. The molecule has 2 amide bonds. The number of rotatable bonds is 11. The summed E-state index contributed by atoms with van der Waals surface area (Å²) in [6.07, 6.45) is 1.28. The van der Waals surface area contributed by atoms with Crippen LogP contribution in [0.15, 0.2) is 72.9 Å². The van der Waals surface area contributed by atoms with Gasteiger partial charge in [0.25, 0.3) is 5.91 Å². The molecule has 3 rings (SSSR count). The van der Waals surface area contributed by atoms with Gasteiger partial charge in [0.2, 0.25) is 0 Å². The van der Waals surface area contributed by atoms with Gasteiger partial charge in [0.1, 0.15) is 11.6 Å². The zero-order valence-corrected chi connectivity index (χ0v) is 24.8. The van der Waals surface area contributed by atoms with Gasteiger partial charge in [0.15, 0.2) is 0 Å². The smallest absolute Gasteiger partial charge is 0.408 e. The number of pyridine rings is 1. The molecule has 2 N–H and O–H groups in total. The summed E-state index contributed by atoms with van der Waals surface area (Å²) in [6, 6.07) is 20.2. The molecule has 1 heterocycles. The van der Waals surface area contributed by atoms with Gasteiger partial charge in [0.05, 0.1) is 12.3 Å². The first kappa shape index (κ1) is 31.3. The van der Waals surface area contributed by atoms with Crippen LogP contribution in [0.25, 0.3) is 11.3 Å². The van der Waals surface area contributed by atoms with Crippen LogP contribution in [0.4, 0.5) is 4.79 Å². The van der Waals surface area contributed by atoms with Crippen LogP contribution in [0.5, 0.6) is 0 Å². The maximum Gasteiger partial charge on any atom is 0.408 e. The van der Waals surface area contributed by atoms with Gasteiger partial charge in [-0.15, -0.1) is 0 Å². The predicted molar refractivity (Wildman–Crippen MR) is 160 cm³/mol. The Labute approximate surface area is 242 Å². The van der Waals surface area contributed by atoms with Crippen molar-refractivity contribution in [1.29, 1.82) is 0 Å². The number of nitrogens with zero attached hydrogens (tertiary/aromatic N) is 1. The van der Waals surface area contributed by atoms with Gasteiger partial charge in [-0.2, -0.15) is 0 Å². The van der Waals surface area contributed by atoms with Crippen LogP contribution in [-0.2, 0) is 20.7 Å². The van der Waals surface area contributed by atoms with Gasteiger partial charge in [-0.25, -0.2) is 9.59 Å². The minimum atomic E-state index is -0.916. The fraction of sp³-hybridized carbons (Fsp3) is 0.394. The van der Waals surface area contributed by atoms with Gasteiger partial charge < -0.3 is 20.1 Å². The summed E-state index contributed by atoms with van der Waals surface area (Å²) in [4.78, 5) is 42.1. The van der Waals surface area contributed by atoms with Gasteiger partial charge in [-0.1, -0.05) is 56.3 Å². The lowest BCUT2D eigenvalue weighted by molar-refractivity contribution is -0.145. The molecule has 2 aromatic carbocycles. The average molecular weight is 560 g/mol. The molecule has 0 aliphatic rings. The second-order valence-electron chi connectivity index (χ2n) is 11.2. The largest absolute Gasteiger partial charge is 0.464 e. The van der Waals surface area contributed by atoms with Crippen molar-refractivity contribution in [3.63, 3.8) is 0 Å². The van der Waals surface area contributed by atoms with Crippen LogP contribution < -0.4 is 10.6 Å². The van der Waals surface area contributed by atoms with E-state index >= 15 is 0 Å². The van der Waals surface area contributed by atoms with Crippen LogP contribution in [-0.4, -0.2) is 47.7 Å². The third-order valence-electron chi connectivity index (χ3n) is 6.50. The third kappa shape index (κ3) is 9.74. The molecule has 1 aromatic heterocycles. The van der Waals surface area contributed by atoms with E-state index in [0.717, 1.165) is 22.4 Å². The molecule has 0 fully saturated rings. The van der Waals surface area contributed by atoms with Crippen molar-refractivity contribution >= 4 is 18.0 Å². The summed E-state index contributed by atoms with van der Waals surface area (Å²) < 4.78 is 10.4. The van der Waals surface area contributed by atoms with Crippen molar-refractivity contribution in [1.82, 2.24) is 15.6 Å². The number of hydrogen-bond donors (Lipinski definition) is 2. The monoisotopic (exact) mass is 559 g/mol. The molecule has 0 spiro atoms. The normalized spacial score (nSPS) is 12.8. The van der Waals surface area contributed by atoms with Gasteiger partial charge in [-0.05, 0) is 69.0 Å². The molecule has 0 aliphatic carbocycles. The van der Waals surface area contributed by atoms with Crippen molar-refractivity contribution in [2.24, 2.45) is 5.92 Å². The number of esters is 1. The summed E-state index contributed by atoms with van der Waals surface area (Å²) in [5, 5.41) is 5.67. The molecular formula is C33H41N3O5. The fourth-order valence-corrected chi connectivity index (χ4v) is 4.39. The number of benzene rings is 2. The van der Waals surface area contributed by atoms with E-state index in [1.54, 1.807) is 58.2 Å². The third-order valence-corrected chi connectivity index (χ3v) is 6.50. The molecule has 0 bridgehead atoms. The zero-order chi connectivity index (χ0) is 30.0. The van der Waals surface area contributed by atoms with Gasteiger partial charge >= 0.3 is 12.1 Å². The van der Waals surface area contributed by atoms with Crippen LogP contribution in [0, 0.1) is 5.92 Å². The second-order valence-corrected chi connectivity index (χ2v) is 11.2. The summed E-state index contributed by atoms with van der Waals surface area (Å²) in [6.45, 7) is 11.9. The summed E-state index contributed by atoms with van der Waals surface area (Å²) in [5.41, 5.74) is 3.70.